The number of sulfone groups is 1. The van der Waals surface area contributed by atoms with Crippen LogP contribution < -0.4 is 0 Å². The number of benzene rings is 1. The van der Waals surface area contributed by atoms with Crippen molar-refractivity contribution in [1.82, 2.24) is 4.98 Å². The van der Waals surface area contributed by atoms with E-state index in [0.717, 1.165) is 22.7 Å². The fourth-order valence-corrected chi connectivity index (χ4v) is 5.84. The Hall–Kier alpha value is -0.910. The summed E-state index contributed by atoms with van der Waals surface area (Å²) in [6.45, 7) is 1.84. The molecule has 1 fully saturated rings. The van der Waals surface area contributed by atoms with Crippen molar-refractivity contribution in [2.75, 3.05) is 0 Å². The van der Waals surface area contributed by atoms with E-state index in [1.807, 2.05) is 6.92 Å². The second-order valence-corrected chi connectivity index (χ2v) is 9.24. The minimum absolute atomic E-state index is 0.209. The molecule has 2 aromatic rings. The van der Waals surface area contributed by atoms with E-state index < -0.39 is 9.84 Å². The predicted molar refractivity (Wildman–Crippen MR) is 89.6 cm³/mol. The maximum Gasteiger partial charge on any atom is 0.224 e. The highest BCUT2D eigenvalue weighted by Gasteiger charge is 2.27. The summed E-state index contributed by atoms with van der Waals surface area (Å²) in [4.78, 5) is 5.53. The number of hydrogen-bond acceptors (Lipinski definition) is 4. The second-order valence-electron chi connectivity index (χ2n) is 5.71. The summed E-state index contributed by atoms with van der Waals surface area (Å²) >= 11 is 7.37. The van der Waals surface area contributed by atoms with Gasteiger partial charge in [0.15, 0.2) is 5.03 Å². The summed E-state index contributed by atoms with van der Waals surface area (Å²) in [5.74, 6) is 0.423. The van der Waals surface area contributed by atoms with Crippen LogP contribution >= 0.6 is 22.9 Å². The van der Waals surface area contributed by atoms with Gasteiger partial charge in [-0.1, -0.05) is 30.9 Å². The average molecular weight is 356 g/mol. The molecular weight excluding hydrogens is 338 g/mol. The Morgan fingerprint density at radius 3 is 2.41 bits per heavy atom. The first-order valence-corrected chi connectivity index (χ1v) is 10.1. The average Bonchev–Trinajstić information content (AvgIpc) is 2.91. The van der Waals surface area contributed by atoms with Crippen LogP contribution in [0.4, 0.5) is 0 Å². The lowest BCUT2D eigenvalue weighted by Gasteiger charge is -2.18. The van der Waals surface area contributed by atoms with Crippen molar-refractivity contribution in [3.63, 3.8) is 0 Å². The standard InChI is InChI=1S/C16H18ClNO2S2/c1-11-16(18-15(21-11)12-5-3-2-4-6-12)22(19,20)14-9-7-13(17)8-10-14/h7-10,12H,2-6H2,1H3. The number of aromatic nitrogens is 1. The van der Waals surface area contributed by atoms with Crippen LogP contribution in [0.5, 0.6) is 0 Å². The van der Waals surface area contributed by atoms with Gasteiger partial charge < -0.3 is 0 Å². The van der Waals surface area contributed by atoms with Gasteiger partial charge in [-0.25, -0.2) is 13.4 Å². The molecule has 0 atom stereocenters. The Kier molecular flexibility index (Phi) is 4.57. The highest BCUT2D eigenvalue weighted by molar-refractivity contribution is 7.91. The van der Waals surface area contributed by atoms with E-state index in [4.69, 9.17) is 11.6 Å². The molecule has 0 radical (unpaired) electrons. The van der Waals surface area contributed by atoms with Gasteiger partial charge in [0.25, 0.3) is 0 Å². The van der Waals surface area contributed by atoms with E-state index in [1.54, 1.807) is 12.1 Å². The van der Waals surface area contributed by atoms with Crippen molar-refractivity contribution in [3.8, 4) is 0 Å². The monoisotopic (exact) mass is 355 g/mol. The largest absolute Gasteiger partial charge is 0.229 e. The van der Waals surface area contributed by atoms with E-state index in [1.165, 1.54) is 42.7 Å². The zero-order valence-electron chi connectivity index (χ0n) is 12.4. The third-order valence-electron chi connectivity index (χ3n) is 4.10. The van der Waals surface area contributed by atoms with Gasteiger partial charge in [0.05, 0.1) is 9.90 Å². The minimum atomic E-state index is -3.56. The molecule has 3 rings (SSSR count). The van der Waals surface area contributed by atoms with E-state index >= 15 is 0 Å². The molecule has 3 nitrogen and oxygen atoms in total. The van der Waals surface area contributed by atoms with Crippen LogP contribution in [-0.2, 0) is 9.84 Å². The Morgan fingerprint density at radius 2 is 1.77 bits per heavy atom. The first-order chi connectivity index (χ1) is 10.5. The fraction of sp³-hybridized carbons (Fsp3) is 0.438. The molecule has 0 aliphatic heterocycles. The number of hydrogen-bond donors (Lipinski definition) is 0. The molecule has 1 aliphatic carbocycles. The van der Waals surface area contributed by atoms with Gasteiger partial charge in [-0.05, 0) is 44.0 Å². The Morgan fingerprint density at radius 1 is 1.14 bits per heavy atom. The first kappa shape index (κ1) is 16.0. The highest BCUT2D eigenvalue weighted by atomic mass is 35.5. The quantitative estimate of drug-likeness (QED) is 0.779. The van der Waals surface area contributed by atoms with E-state index in [9.17, 15) is 8.42 Å². The van der Waals surface area contributed by atoms with E-state index in [0.29, 0.717) is 10.9 Å². The molecule has 1 saturated carbocycles. The molecular formula is C16H18ClNO2S2. The highest BCUT2D eigenvalue weighted by Crippen LogP contribution is 2.37. The van der Waals surface area contributed by atoms with Gasteiger partial charge in [0.2, 0.25) is 9.84 Å². The second kappa shape index (κ2) is 6.30. The number of rotatable bonds is 3. The molecule has 22 heavy (non-hydrogen) atoms. The zero-order chi connectivity index (χ0) is 15.7. The molecule has 0 N–H and O–H groups in total. The smallest absolute Gasteiger partial charge is 0.224 e. The van der Waals surface area contributed by atoms with Gasteiger partial charge >= 0.3 is 0 Å². The molecule has 1 aromatic carbocycles. The molecule has 118 valence electrons. The van der Waals surface area contributed by atoms with Crippen molar-refractivity contribution in [2.24, 2.45) is 0 Å². The van der Waals surface area contributed by atoms with Crippen LogP contribution in [-0.4, -0.2) is 13.4 Å². The van der Waals surface area contributed by atoms with Gasteiger partial charge in [0.1, 0.15) is 0 Å². The van der Waals surface area contributed by atoms with Crippen LogP contribution in [0.2, 0.25) is 5.02 Å². The number of halogens is 1. The minimum Gasteiger partial charge on any atom is -0.229 e. The molecule has 6 heteroatoms. The van der Waals surface area contributed by atoms with E-state index in [2.05, 4.69) is 4.98 Å². The zero-order valence-corrected chi connectivity index (χ0v) is 14.8. The predicted octanol–water partition coefficient (Wildman–Crippen LogP) is 4.99. The lowest BCUT2D eigenvalue weighted by atomic mass is 9.90. The first-order valence-electron chi connectivity index (χ1n) is 7.46. The third kappa shape index (κ3) is 3.07. The molecule has 1 aromatic heterocycles. The van der Waals surface area contributed by atoms with E-state index in [-0.39, 0.29) is 9.92 Å². The van der Waals surface area contributed by atoms with Crippen LogP contribution in [0.25, 0.3) is 0 Å². The summed E-state index contributed by atoms with van der Waals surface area (Å²) in [7, 11) is -3.56. The third-order valence-corrected chi connectivity index (χ3v) is 7.42. The maximum absolute atomic E-state index is 12.8. The van der Waals surface area contributed by atoms with Gasteiger partial charge in [-0.3, -0.25) is 0 Å². The molecule has 1 aliphatic rings. The SMILES string of the molecule is Cc1sc(C2CCCCC2)nc1S(=O)(=O)c1ccc(Cl)cc1. The summed E-state index contributed by atoms with van der Waals surface area (Å²) in [5, 5.41) is 1.71. The summed E-state index contributed by atoms with van der Waals surface area (Å²) < 4.78 is 25.5. The number of thiazole rings is 1. The summed E-state index contributed by atoms with van der Waals surface area (Å²) in [6.07, 6.45) is 5.93. The van der Waals surface area contributed by atoms with Crippen molar-refractivity contribution in [2.45, 2.75) is 54.9 Å². The number of aryl methyl sites for hydroxylation is 1. The molecule has 0 bridgehead atoms. The van der Waals surface area contributed by atoms with Gasteiger partial charge in [0, 0.05) is 15.8 Å². The fourth-order valence-electron chi connectivity index (χ4n) is 2.90. The molecule has 0 saturated heterocycles. The maximum atomic E-state index is 12.8. The molecule has 1 heterocycles. The summed E-state index contributed by atoms with van der Waals surface area (Å²) in [6, 6.07) is 6.27. The Bertz CT molecular complexity index is 760. The molecule has 0 unspecified atom stereocenters. The van der Waals surface area contributed by atoms with Crippen LogP contribution in [0.3, 0.4) is 0 Å². The summed E-state index contributed by atoms with van der Waals surface area (Å²) in [5.41, 5.74) is 0. The molecule has 0 spiro atoms. The lowest BCUT2D eigenvalue weighted by molar-refractivity contribution is 0.441. The van der Waals surface area contributed by atoms with Crippen LogP contribution in [0.1, 0.15) is 47.9 Å². The van der Waals surface area contributed by atoms with Crippen molar-refractivity contribution in [1.29, 1.82) is 0 Å². The Labute approximate surface area is 140 Å². The number of nitrogens with zero attached hydrogens (tertiary/aromatic N) is 1. The van der Waals surface area contributed by atoms with Crippen molar-refractivity contribution >= 4 is 32.8 Å². The normalized spacial score (nSPS) is 16.8. The van der Waals surface area contributed by atoms with Crippen molar-refractivity contribution in [3.05, 3.63) is 39.2 Å². The Balaban J connectivity index is 1.97. The van der Waals surface area contributed by atoms with Gasteiger partial charge in [-0.2, -0.15) is 0 Å². The van der Waals surface area contributed by atoms with Crippen LogP contribution in [0.15, 0.2) is 34.2 Å². The molecule has 0 amide bonds. The van der Waals surface area contributed by atoms with Crippen molar-refractivity contribution < 1.29 is 8.42 Å². The van der Waals surface area contributed by atoms with Gasteiger partial charge in [-0.15, -0.1) is 11.3 Å². The van der Waals surface area contributed by atoms with Crippen LogP contribution in [0, 0.1) is 6.92 Å². The lowest BCUT2D eigenvalue weighted by Crippen LogP contribution is -2.07. The topological polar surface area (TPSA) is 47.0 Å².